The first-order valence-electron chi connectivity index (χ1n) is 10.8. The van der Waals surface area contributed by atoms with E-state index in [4.69, 9.17) is 9.15 Å². The van der Waals surface area contributed by atoms with Crippen LogP contribution in [0.15, 0.2) is 51.7 Å². The molecule has 1 unspecified atom stereocenters. The van der Waals surface area contributed by atoms with Gasteiger partial charge in [-0.3, -0.25) is 9.59 Å². The van der Waals surface area contributed by atoms with Crippen LogP contribution in [-0.4, -0.2) is 55.3 Å². The molecule has 8 heteroatoms. The number of nitrogens with zero attached hydrogens (tertiary/aromatic N) is 1. The van der Waals surface area contributed by atoms with Crippen molar-refractivity contribution in [1.82, 2.24) is 4.90 Å². The molecule has 0 radical (unpaired) electrons. The van der Waals surface area contributed by atoms with Crippen LogP contribution in [-0.2, 0) is 4.74 Å². The van der Waals surface area contributed by atoms with E-state index in [1.165, 1.54) is 29.2 Å². The van der Waals surface area contributed by atoms with Crippen molar-refractivity contribution in [3.8, 4) is 5.75 Å². The van der Waals surface area contributed by atoms with Gasteiger partial charge < -0.3 is 24.1 Å². The number of quaternary nitrogens is 1. The predicted octanol–water partition coefficient (Wildman–Crippen LogP) is 1.49. The first-order valence-corrected chi connectivity index (χ1v) is 10.8. The van der Waals surface area contributed by atoms with E-state index in [1.807, 2.05) is 0 Å². The minimum absolute atomic E-state index is 0.00547. The lowest BCUT2D eigenvalue weighted by atomic mass is 9.98. The Morgan fingerprint density at radius 1 is 1.09 bits per heavy atom. The van der Waals surface area contributed by atoms with Gasteiger partial charge in [-0.15, -0.1) is 0 Å². The molecule has 2 aliphatic heterocycles. The highest BCUT2D eigenvalue weighted by Crippen LogP contribution is 2.38. The Balaban J connectivity index is 1.53. The van der Waals surface area contributed by atoms with Crippen molar-refractivity contribution in [2.75, 3.05) is 39.4 Å². The molecule has 2 aromatic carbocycles. The van der Waals surface area contributed by atoms with E-state index in [0.717, 1.165) is 45.3 Å². The SMILES string of the molecule is O=C1c2oc3ccc(F)cc3c(=O)c2C(c2ccc(O)cc2)N1CCC[NH+]1CCOCC1. The molecule has 3 heterocycles. The number of hydrogen-bond donors (Lipinski definition) is 2. The minimum atomic E-state index is -0.651. The molecule has 5 rings (SSSR count). The highest BCUT2D eigenvalue weighted by Gasteiger charge is 2.42. The number of carbonyl (C=O) groups is 1. The average molecular weight is 439 g/mol. The molecule has 0 spiro atoms. The Kier molecular flexibility index (Phi) is 5.40. The second-order valence-electron chi connectivity index (χ2n) is 8.27. The van der Waals surface area contributed by atoms with Crippen molar-refractivity contribution in [3.05, 3.63) is 75.4 Å². The van der Waals surface area contributed by atoms with Crippen LogP contribution in [0.5, 0.6) is 5.75 Å². The largest absolute Gasteiger partial charge is 0.508 e. The van der Waals surface area contributed by atoms with Gasteiger partial charge in [-0.2, -0.15) is 0 Å². The smallest absolute Gasteiger partial charge is 0.290 e. The Hall–Kier alpha value is -3.23. The molecule has 0 saturated carbocycles. The third-order valence-corrected chi connectivity index (χ3v) is 6.27. The van der Waals surface area contributed by atoms with Gasteiger partial charge in [0.15, 0.2) is 5.43 Å². The van der Waals surface area contributed by atoms with Crippen LogP contribution in [0.2, 0.25) is 0 Å². The topological polar surface area (TPSA) is 84.4 Å². The number of ether oxygens (including phenoxy) is 1. The van der Waals surface area contributed by atoms with Crippen molar-refractivity contribution in [2.45, 2.75) is 12.5 Å². The lowest BCUT2D eigenvalue weighted by molar-refractivity contribution is -0.908. The van der Waals surface area contributed by atoms with Gasteiger partial charge in [0, 0.05) is 13.0 Å². The number of phenols is 1. The molecule has 1 fully saturated rings. The van der Waals surface area contributed by atoms with Crippen molar-refractivity contribution in [3.63, 3.8) is 0 Å². The molecule has 1 aromatic heterocycles. The van der Waals surface area contributed by atoms with Gasteiger partial charge >= 0.3 is 0 Å². The zero-order chi connectivity index (χ0) is 22.2. The maximum atomic E-state index is 13.8. The van der Waals surface area contributed by atoms with Gasteiger partial charge in [0.05, 0.1) is 36.8 Å². The monoisotopic (exact) mass is 439 g/mol. The second kappa shape index (κ2) is 8.37. The summed E-state index contributed by atoms with van der Waals surface area (Å²) in [6.45, 7) is 4.69. The Bertz CT molecular complexity index is 1220. The van der Waals surface area contributed by atoms with Crippen molar-refractivity contribution in [1.29, 1.82) is 0 Å². The Morgan fingerprint density at radius 3 is 2.59 bits per heavy atom. The molecular formula is C24H24FN2O5+. The number of benzene rings is 2. The average Bonchev–Trinajstić information content (AvgIpc) is 3.08. The number of phenolic OH excluding ortho intramolecular Hbond substituents is 1. The van der Waals surface area contributed by atoms with Gasteiger partial charge in [-0.05, 0) is 35.9 Å². The standard InChI is InChI=1S/C24H23FN2O5/c25-16-4-7-19-18(14-16)22(29)20-21(15-2-5-17(28)6-3-15)27(24(30)23(20)32-19)9-1-8-26-10-12-31-13-11-26/h2-7,14,21,28H,1,8-13H2/p+1. The third kappa shape index (κ3) is 3.65. The molecule has 3 aromatic rings. The number of amides is 1. The van der Waals surface area contributed by atoms with Gasteiger partial charge in [-0.25, -0.2) is 4.39 Å². The van der Waals surface area contributed by atoms with Gasteiger partial charge in [0.25, 0.3) is 5.91 Å². The summed E-state index contributed by atoms with van der Waals surface area (Å²) in [6, 6.07) is 9.50. The fraction of sp³-hybridized carbons (Fsp3) is 0.333. The fourth-order valence-corrected chi connectivity index (χ4v) is 4.64. The zero-order valence-electron chi connectivity index (χ0n) is 17.5. The van der Waals surface area contributed by atoms with Crippen LogP contribution in [0.1, 0.15) is 34.1 Å². The van der Waals surface area contributed by atoms with E-state index in [9.17, 15) is 19.1 Å². The van der Waals surface area contributed by atoms with Crippen LogP contribution in [0.4, 0.5) is 4.39 Å². The number of hydrogen-bond acceptors (Lipinski definition) is 5. The molecule has 1 amide bonds. The van der Waals surface area contributed by atoms with E-state index in [-0.39, 0.29) is 33.9 Å². The molecule has 1 saturated heterocycles. The maximum Gasteiger partial charge on any atom is 0.290 e. The van der Waals surface area contributed by atoms with E-state index >= 15 is 0 Å². The first-order chi connectivity index (χ1) is 15.5. The van der Waals surface area contributed by atoms with Crippen molar-refractivity contribution < 1.29 is 28.3 Å². The quantitative estimate of drug-likeness (QED) is 0.629. The minimum Gasteiger partial charge on any atom is -0.508 e. The normalized spacial score (nSPS) is 19.0. The van der Waals surface area contributed by atoms with Crippen LogP contribution < -0.4 is 10.3 Å². The second-order valence-corrected chi connectivity index (χ2v) is 8.27. The summed E-state index contributed by atoms with van der Waals surface area (Å²) in [5.41, 5.74) is 0.690. The predicted molar refractivity (Wildman–Crippen MR) is 114 cm³/mol. The van der Waals surface area contributed by atoms with E-state index in [0.29, 0.717) is 12.1 Å². The van der Waals surface area contributed by atoms with Crippen molar-refractivity contribution >= 4 is 16.9 Å². The van der Waals surface area contributed by atoms with Gasteiger partial charge in [-0.1, -0.05) is 12.1 Å². The summed E-state index contributed by atoms with van der Waals surface area (Å²) in [4.78, 5) is 29.8. The lowest BCUT2D eigenvalue weighted by Gasteiger charge is -2.27. The summed E-state index contributed by atoms with van der Waals surface area (Å²) in [7, 11) is 0. The first kappa shape index (κ1) is 20.7. The molecular weight excluding hydrogens is 415 g/mol. The molecule has 7 nitrogen and oxygen atoms in total. The number of aromatic hydroxyl groups is 1. The molecule has 0 aliphatic carbocycles. The zero-order valence-corrected chi connectivity index (χ0v) is 17.5. The summed E-state index contributed by atoms with van der Waals surface area (Å²) in [5.74, 6) is -0.793. The number of halogens is 1. The highest BCUT2D eigenvalue weighted by atomic mass is 19.1. The molecule has 0 bridgehead atoms. The number of morpholine rings is 1. The summed E-state index contributed by atoms with van der Waals surface area (Å²) >= 11 is 0. The van der Waals surface area contributed by atoms with E-state index in [2.05, 4.69) is 0 Å². The van der Waals surface area contributed by atoms with Crippen LogP contribution in [0.25, 0.3) is 11.0 Å². The van der Waals surface area contributed by atoms with Gasteiger partial charge in [0.2, 0.25) is 5.76 Å². The number of carbonyl (C=O) groups excluding carboxylic acids is 1. The lowest BCUT2D eigenvalue weighted by Crippen LogP contribution is -3.14. The maximum absolute atomic E-state index is 13.8. The fourth-order valence-electron chi connectivity index (χ4n) is 4.64. The van der Waals surface area contributed by atoms with Crippen molar-refractivity contribution in [2.24, 2.45) is 0 Å². The Labute approximate surface area is 183 Å². The van der Waals surface area contributed by atoms with Crippen LogP contribution >= 0.6 is 0 Å². The molecule has 166 valence electrons. The summed E-state index contributed by atoms with van der Waals surface area (Å²) in [5, 5.41) is 9.82. The third-order valence-electron chi connectivity index (χ3n) is 6.27. The highest BCUT2D eigenvalue weighted by molar-refractivity contribution is 5.99. The van der Waals surface area contributed by atoms with Crippen LogP contribution in [0.3, 0.4) is 0 Å². The van der Waals surface area contributed by atoms with E-state index < -0.39 is 17.3 Å². The van der Waals surface area contributed by atoms with Gasteiger partial charge in [0.1, 0.15) is 30.2 Å². The number of nitrogens with one attached hydrogen (secondary N) is 1. The molecule has 2 N–H and O–H groups in total. The Morgan fingerprint density at radius 2 is 1.84 bits per heavy atom. The summed E-state index contributed by atoms with van der Waals surface area (Å²) < 4.78 is 25.1. The molecule has 2 aliphatic rings. The number of fused-ring (bicyclic) bond motifs is 2. The number of rotatable bonds is 5. The van der Waals surface area contributed by atoms with E-state index in [1.54, 1.807) is 17.0 Å². The van der Waals surface area contributed by atoms with Crippen LogP contribution in [0, 0.1) is 5.82 Å². The molecule has 32 heavy (non-hydrogen) atoms. The summed E-state index contributed by atoms with van der Waals surface area (Å²) in [6.07, 6.45) is 0.756. The molecule has 1 atom stereocenters.